The van der Waals surface area contributed by atoms with E-state index >= 15 is 0 Å². The SMILES string of the molecule is N#Cc1ccc(C(Br)Br)cn1. The Balaban J connectivity index is 2.94. The number of aromatic nitrogens is 1. The van der Waals surface area contributed by atoms with E-state index in [-0.39, 0.29) is 3.74 Å². The molecule has 0 aromatic carbocycles. The molecule has 0 radical (unpaired) electrons. The van der Waals surface area contributed by atoms with Gasteiger partial charge in [0, 0.05) is 6.20 Å². The molecule has 1 rings (SSSR count). The first-order chi connectivity index (χ1) is 5.24. The summed E-state index contributed by atoms with van der Waals surface area (Å²) >= 11 is 6.65. The highest BCUT2D eigenvalue weighted by atomic mass is 79.9. The predicted octanol–water partition coefficient (Wildman–Crippen LogP) is 2.74. The summed E-state index contributed by atoms with van der Waals surface area (Å²) in [6, 6.07) is 5.48. The lowest BCUT2D eigenvalue weighted by Crippen LogP contribution is -1.85. The minimum absolute atomic E-state index is 0.107. The molecule has 1 aromatic rings. The normalized spacial score (nSPS) is 9.64. The first kappa shape index (κ1) is 8.69. The number of halogens is 2. The molecule has 0 unspecified atom stereocenters. The van der Waals surface area contributed by atoms with E-state index in [2.05, 4.69) is 36.8 Å². The second kappa shape index (κ2) is 3.84. The Morgan fingerprint density at radius 1 is 1.45 bits per heavy atom. The molecule has 0 aliphatic heterocycles. The standard InChI is InChI=1S/C7H4Br2N2/c8-7(9)5-1-2-6(3-10)11-4-5/h1-2,4,7H. The zero-order valence-corrected chi connectivity index (χ0v) is 8.63. The average Bonchev–Trinajstić information content (AvgIpc) is 2.05. The number of alkyl halides is 2. The van der Waals surface area contributed by atoms with Gasteiger partial charge in [0.2, 0.25) is 0 Å². The van der Waals surface area contributed by atoms with Gasteiger partial charge in [0.25, 0.3) is 0 Å². The van der Waals surface area contributed by atoms with Gasteiger partial charge in [0.15, 0.2) is 0 Å². The Kier molecular flexibility index (Phi) is 3.03. The van der Waals surface area contributed by atoms with Crippen molar-refractivity contribution in [3.05, 3.63) is 29.6 Å². The van der Waals surface area contributed by atoms with Crippen molar-refractivity contribution >= 4 is 31.9 Å². The van der Waals surface area contributed by atoms with Gasteiger partial charge in [-0.25, -0.2) is 4.98 Å². The number of rotatable bonds is 1. The Labute approximate surface area is 81.5 Å². The molecule has 1 heterocycles. The van der Waals surface area contributed by atoms with Crippen molar-refractivity contribution in [3.8, 4) is 6.07 Å². The monoisotopic (exact) mass is 274 g/mol. The first-order valence-corrected chi connectivity index (χ1v) is 4.71. The molecule has 0 amide bonds. The van der Waals surface area contributed by atoms with Crippen molar-refractivity contribution in [3.63, 3.8) is 0 Å². The van der Waals surface area contributed by atoms with Crippen LogP contribution in [0.2, 0.25) is 0 Å². The summed E-state index contributed by atoms with van der Waals surface area (Å²) in [7, 11) is 0. The van der Waals surface area contributed by atoms with Crippen LogP contribution in [0.3, 0.4) is 0 Å². The molecule has 56 valence electrons. The zero-order valence-electron chi connectivity index (χ0n) is 5.46. The summed E-state index contributed by atoms with van der Waals surface area (Å²) in [5.41, 5.74) is 1.44. The molecule has 0 saturated carbocycles. The summed E-state index contributed by atoms with van der Waals surface area (Å²) in [5.74, 6) is 0. The third-order valence-electron chi connectivity index (χ3n) is 1.15. The number of pyridine rings is 1. The van der Waals surface area contributed by atoms with E-state index in [0.717, 1.165) is 5.56 Å². The van der Waals surface area contributed by atoms with Crippen LogP contribution in [0.4, 0.5) is 0 Å². The molecular formula is C7H4Br2N2. The first-order valence-electron chi connectivity index (χ1n) is 2.88. The lowest BCUT2D eigenvalue weighted by Gasteiger charge is -1.98. The molecule has 0 aliphatic carbocycles. The van der Waals surface area contributed by atoms with Crippen LogP contribution in [0, 0.1) is 11.3 Å². The van der Waals surface area contributed by atoms with E-state index in [1.807, 2.05) is 12.1 Å². The fourth-order valence-corrected chi connectivity index (χ4v) is 1.14. The van der Waals surface area contributed by atoms with Gasteiger partial charge in [-0.15, -0.1) is 0 Å². The van der Waals surface area contributed by atoms with E-state index in [1.165, 1.54) is 0 Å². The molecule has 0 bridgehead atoms. The molecule has 0 saturated heterocycles. The molecular weight excluding hydrogens is 272 g/mol. The highest BCUT2D eigenvalue weighted by molar-refractivity contribution is 9.24. The van der Waals surface area contributed by atoms with Crippen molar-refractivity contribution in [2.45, 2.75) is 3.74 Å². The maximum atomic E-state index is 8.43. The fraction of sp³-hybridized carbons (Fsp3) is 0.143. The van der Waals surface area contributed by atoms with Gasteiger partial charge in [0.1, 0.15) is 11.8 Å². The van der Waals surface area contributed by atoms with Crippen molar-refractivity contribution in [2.75, 3.05) is 0 Å². The average molecular weight is 276 g/mol. The quantitative estimate of drug-likeness (QED) is 0.739. The Morgan fingerprint density at radius 3 is 2.55 bits per heavy atom. The molecule has 0 aliphatic rings. The van der Waals surface area contributed by atoms with Gasteiger partial charge in [-0.3, -0.25) is 0 Å². The van der Waals surface area contributed by atoms with Gasteiger partial charge < -0.3 is 0 Å². The van der Waals surface area contributed by atoms with Gasteiger partial charge in [0.05, 0.1) is 3.74 Å². The Morgan fingerprint density at radius 2 is 2.18 bits per heavy atom. The summed E-state index contributed by atoms with van der Waals surface area (Å²) < 4.78 is 0.107. The summed E-state index contributed by atoms with van der Waals surface area (Å²) in [6.45, 7) is 0. The van der Waals surface area contributed by atoms with Crippen LogP contribution in [-0.4, -0.2) is 4.98 Å². The number of hydrogen-bond acceptors (Lipinski definition) is 2. The minimum atomic E-state index is 0.107. The molecule has 1 aromatic heterocycles. The van der Waals surface area contributed by atoms with Crippen LogP contribution in [0.5, 0.6) is 0 Å². The zero-order chi connectivity index (χ0) is 8.27. The van der Waals surface area contributed by atoms with Gasteiger partial charge in [-0.05, 0) is 11.6 Å². The lowest BCUT2D eigenvalue weighted by molar-refractivity contribution is 1.21. The third-order valence-corrected chi connectivity index (χ3v) is 2.21. The predicted molar refractivity (Wildman–Crippen MR) is 49.5 cm³/mol. The van der Waals surface area contributed by atoms with Crippen LogP contribution in [-0.2, 0) is 0 Å². The molecule has 0 spiro atoms. The lowest BCUT2D eigenvalue weighted by atomic mass is 10.3. The third kappa shape index (κ3) is 2.28. The Hall–Kier alpha value is -0.400. The largest absolute Gasteiger partial charge is 0.245 e. The van der Waals surface area contributed by atoms with E-state index < -0.39 is 0 Å². The highest BCUT2D eigenvalue weighted by Gasteiger charge is 2.01. The molecule has 0 fully saturated rings. The van der Waals surface area contributed by atoms with Gasteiger partial charge >= 0.3 is 0 Å². The van der Waals surface area contributed by atoms with Crippen molar-refractivity contribution < 1.29 is 0 Å². The molecule has 11 heavy (non-hydrogen) atoms. The second-order valence-electron chi connectivity index (χ2n) is 1.89. The van der Waals surface area contributed by atoms with Crippen LogP contribution >= 0.6 is 31.9 Å². The van der Waals surface area contributed by atoms with Gasteiger partial charge in [-0.2, -0.15) is 5.26 Å². The fourth-order valence-electron chi connectivity index (χ4n) is 0.601. The van der Waals surface area contributed by atoms with Gasteiger partial charge in [-0.1, -0.05) is 37.9 Å². The van der Waals surface area contributed by atoms with Crippen LogP contribution < -0.4 is 0 Å². The van der Waals surface area contributed by atoms with Crippen molar-refractivity contribution in [1.82, 2.24) is 4.98 Å². The van der Waals surface area contributed by atoms with Crippen LogP contribution in [0.25, 0.3) is 0 Å². The minimum Gasteiger partial charge on any atom is -0.245 e. The summed E-state index contributed by atoms with van der Waals surface area (Å²) in [5, 5.41) is 8.43. The smallest absolute Gasteiger partial charge is 0.140 e. The van der Waals surface area contributed by atoms with Crippen LogP contribution in [0.15, 0.2) is 18.3 Å². The highest BCUT2D eigenvalue weighted by Crippen LogP contribution is 2.27. The summed E-state index contributed by atoms with van der Waals surface area (Å²) in [4.78, 5) is 3.90. The van der Waals surface area contributed by atoms with Crippen molar-refractivity contribution in [1.29, 1.82) is 5.26 Å². The second-order valence-corrected chi connectivity index (χ2v) is 4.95. The number of hydrogen-bond donors (Lipinski definition) is 0. The maximum Gasteiger partial charge on any atom is 0.140 e. The summed E-state index contributed by atoms with van der Waals surface area (Å²) in [6.07, 6.45) is 1.66. The van der Waals surface area contributed by atoms with Crippen LogP contribution in [0.1, 0.15) is 15.0 Å². The molecule has 0 N–H and O–H groups in total. The van der Waals surface area contributed by atoms with Crippen molar-refractivity contribution in [2.24, 2.45) is 0 Å². The number of nitriles is 1. The van der Waals surface area contributed by atoms with E-state index in [1.54, 1.807) is 12.3 Å². The maximum absolute atomic E-state index is 8.43. The number of nitrogens with zero attached hydrogens (tertiary/aromatic N) is 2. The molecule has 0 atom stereocenters. The van der Waals surface area contributed by atoms with E-state index in [4.69, 9.17) is 5.26 Å². The molecule has 2 nitrogen and oxygen atoms in total. The Bertz CT molecular complexity index is 273. The molecule has 4 heteroatoms. The van der Waals surface area contributed by atoms with E-state index in [9.17, 15) is 0 Å². The topological polar surface area (TPSA) is 36.7 Å². The van der Waals surface area contributed by atoms with E-state index in [0.29, 0.717) is 5.69 Å².